The summed E-state index contributed by atoms with van der Waals surface area (Å²) in [6, 6.07) is 12.2. The SMILES string of the molecule is c1ccc(C2CCCCC2NC2COC2)cc1. The minimum Gasteiger partial charge on any atom is -0.378 e. The zero-order valence-corrected chi connectivity index (χ0v) is 10.3. The molecule has 1 aromatic carbocycles. The van der Waals surface area contributed by atoms with E-state index < -0.39 is 0 Å². The van der Waals surface area contributed by atoms with Crippen LogP contribution < -0.4 is 5.32 Å². The van der Waals surface area contributed by atoms with Crippen LogP contribution in [0.4, 0.5) is 0 Å². The molecule has 2 fully saturated rings. The highest BCUT2D eigenvalue weighted by molar-refractivity contribution is 5.22. The predicted molar refractivity (Wildman–Crippen MR) is 69.2 cm³/mol. The van der Waals surface area contributed by atoms with Gasteiger partial charge >= 0.3 is 0 Å². The highest BCUT2D eigenvalue weighted by Crippen LogP contribution is 2.33. The smallest absolute Gasteiger partial charge is 0.0643 e. The van der Waals surface area contributed by atoms with Gasteiger partial charge in [0.25, 0.3) is 0 Å². The average Bonchev–Trinajstić information content (AvgIpc) is 2.35. The average molecular weight is 231 g/mol. The van der Waals surface area contributed by atoms with E-state index in [-0.39, 0.29) is 0 Å². The summed E-state index contributed by atoms with van der Waals surface area (Å²) >= 11 is 0. The summed E-state index contributed by atoms with van der Waals surface area (Å²) in [6.07, 6.45) is 5.39. The van der Waals surface area contributed by atoms with Crippen LogP contribution in [0.15, 0.2) is 30.3 Å². The largest absolute Gasteiger partial charge is 0.378 e. The number of ether oxygens (including phenoxy) is 1. The fourth-order valence-electron chi connectivity index (χ4n) is 3.06. The van der Waals surface area contributed by atoms with Gasteiger partial charge in [-0.15, -0.1) is 0 Å². The van der Waals surface area contributed by atoms with Crippen LogP contribution in [0.5, 0.6) is 0 Å². The van der Waals surface area contributed by atoms with Crippen LogP contribution in [0.1, 0.15) is 37.2 Å². The Morgan fingerprint density at radius 3 is 2.47 bits per heavy atom. The van der Waals surface area contributed by atoms with Crippen molar-refractivity contribution >= 4 is 0 Å². The maximum Gasteiger partial charge on any atom is 0.0643 e. The molecule has 1 N–H and O–H groups in total. The zero-order valence-electron chi connectivity index (χ0n) is 10.3. The van der Waals surface area contributed by atoms with E-state index in [0.29, 0.717) is 18.0 Å². The van der Waals surface area contributed by atoms with Crippen LogP contribution in [0.3, 0.4) is 0 Å². The Hall–Kier alpha value is -0.860. The number of hydrogen-bond acceptors (Lipinski definition) is 2. The lowest BCUT2D eigenvalue weighted by Crippen LogP contribution is -2.52. The van der Waals surface area contributed by atoms with Gasteiger partial charge in [0.1, 0.15) is 0 Å². The lowest BCUT2D eigenvalue weighted by molar-refractivity contribution is -0.0132. The van der Waals surface area contributed by atoms with Crippen molar-refractivity contribution in [2.45, 2.75) is 43.7 Å². The van der Waals surface area contributed by atoms with Gasteiger partial charge in [0.15, 0.2) is 0 Å². The number of rotatable bonds is 3. The monoisotopic (exact) mass is 231 g/mol. The second kappa shape index (κ2) is 5.19. The van der Waals surface area contributed by atoms with Crippen molar-refractivity contribution in [1.82, 2.24) is 5.32 Å². The highest BCUT2D eigenvalue weighted by Gasteiger charge is 2.30. The molecule has 2 nitrogen and oxygen atoms in total. The van der Waals surface area contributed by atoms with Gasteiger partial charge in [-0.05, 0) is 24.3 Å². The van der Waals surface area contributed by atoms with E-state index in [9.17, 15) is 0 Å². The molecule has 2 atom stereocenters. The van der Waals surface area contributed by atoms with Crippen molar-refractivity contribution in [3.8, 4) is 0 Å². The first kappa shape index (κ1) is 11.2. The third kappa shape index (κ3) is 2.53. The van der Waals surface area contributed by atoms with Crippen molar-refractivity contribution in [1.29, 1.82) is 0 Å². The van der Waals surface area contributed by atoms with Crippen molar-refractivity contribution in [2.75, 3.05) is 13.2 Å². The van der Waals surface area contributed by atoms with Crippen molar-refractivity contribution in [3.05, 3.63) is 35.9 Å². The summed E-state index contributed by atoms with van der Waals surface area (Å²) in [4.78, 5) is 0. The highest BCUT2D eigenvalue weighted by atomic mass is 16.5. The Morgan fingerprint density at radius 1 is 1.00 bits per heavy atom. The van der Waals surface area contributed by atoms with Crippen molar-refractivity contribution in [2.24, 2.45) is 0 Å². The van der Waals surface area contributed by atoms with Crippen LogP contribution >= 0.6 is 0 Å². The standard InChI is InChI=1S/C15H21NO/c1-2-6-12(7-3-1)14-8-4-5-9-15(14)16-13-10-17-11-13/h1-3,6-7,13-16H,4-5,8-11H2. The summed E-state index contributed by atoms with van der Waals surface area (Å²) in [5.41, 5.74) is 1.50. The van der Waals surface area contributed by atoms with E-state index in [1.54, 1.807) is 0 Å². The first-order valence-corrected chi connectivity index (χ1v) is 6.82. The third-order valence-electron chi connectivity index (χ3n) is 4.08. The topological polar surface area (TPSA) is 21.3 Å². The summed E-state index contributed by atoms with van der Waals surface area (Å²) in [7, 11) is 0. The van der Waals surface area contributed by atoms with Gasteiger partial charge < -0.3 is 10.1 Å². The van der Waals surface area contributed by atoms with E-state index in [1.807, 2.05) is 0 Å². The molecule has 1 saturated carbocycles. The van der Waals surface area contributed by atoms with Crippen LogP contribution in [0, 0.1) is 0 Å². The molecule has 1 aromatic rings. The Balaban J connectivity index is 1.70. The molecule has 1 saturated heterocycles. The van der Waals surface area contributed by atoms with Crippen molar-refractivity contribution in [3.63, 3.8) is 0 Å². The van der Waals surface area contributed by atoms with Crippen molar-refractivity contribution < 1.29 is 4.74 Å². The molecule has 17 heavy (non-hydrogen) atoms. The van der Waals surface area contributed by atoms with Gasteiger partial charge in [-0.25, -0.2) is 0 Å². The van der Waals surface area contributed by atoms with Crippen LogP contribution in [-0.2, 0) is 4.74 Å². The summed E-state index contributed by atoms with van der Waals surface area (Å²) in [6.45, 7) is 1.80. The maximum atomic E-state index is 5.25. The van der Waals surface area contributed by atoms with Gasteiger partial charge in [0.2, 0.25) is 0 Å². The molecule has 2 heteroatoms. The molecule has 1 heterocycles. The van der Waals surface area contributed by atoms with Crippen LogP contribution in [0.2, 0.25) is 0 Å². The van der Waals surface area contributed by atoms with Gasteiger partial charge in [-0.2, -0.15) is 0 Å². The fraction of sp³-hybridized carbons (Fsp3) is 0.600. The molecule has 2 aliphatic rings. The van der Waals surface area contributed by atoms with Crippen LogP contribution in [-0.4, -0.2) is 25.3 Å². The number of benzene rings is 1. The van der Waals surface area contributed by atoms with E-state index in [1.165, 1.54) is 31.2 Å². The van der Waals surface area contributed by atoms with Gasteiger partial charge in [0.05, 0.1) is 19.3 Å². The first-order chi connectivity index (χ1) is 8.43. The first-order valence-electron chi connectivity index (χ1n) is 6.82. The molecular weight excluding hydrogens is 210 g/mol. The molecule has 1 aliphatic heterocycles. The summed E-state index contributed by atoms with van der Waals surface area (Å²) in [5, 5.41) is 3.78. The molecule has 3 rings (SSSR count). The van der Waals surface area contributed by atoms with Crippen LogP contribution in [0.25, 0.3) is 0 Å². The quantitative estimate of drug-likeness (QED) is 0.863. The Labute approximate surface area is 103 Å². The van der Waals surface area contributed by atoms with Gasteiger partial charge in [-0.1, -0.05) is 43.2 Å². The fourth-order valence-corrected chi connectivity index (χ4v) is 3.06. The normalized spacial score (nSPS) is 29.9. The molecule has 92 valence electrons. The summed E-state index contributed by atoms with van der Waals surface area (Å²) < 4.78 is 5.25. The van der Waals surface area contributed by atoms with E-state index in [0.717, 1.165) is 13.2 Å². The molecule has 0 aromatic heterocycles. The molecule has 0 radical (unpaired) electrons. The second-order valence-electron chi connectivity index (χ2n) is 5.31. The molecular formula is C15H21NO. The third-order valence-corrected chi connectivity index (χ3v) is 4.08. The number of nitrogens with one attached hydrogen (secondary N) is 1. The Morgan fingerprint density at radius 2 is 1.76 bits per heavy atom. The maximum absolute atomic E-state index is 5.25. The zero-order chi connectivity index (χ0) is 11.5. The Kier molecular flexibility index (Phi) is 3.44. The minimum absolute atomic E-state index is 0.601. The lowest BCUT2D eigenvalue weighted by Gasteiger charge is -2.38. The second-order valence-corrected chi connectivity index (χ2v) is 5.31. The van der Waals surface area contributed by atoms with E-state index in [2.05, 4.69) is 35.6 Å². The predicted octanol–water partition coefficient (Wildman–Crippen LogP) is 2.70. The molecule has 2 unspecified atom stereocenters. The van der Waals surface area contributed by atoms with E-state index in [4.69, 9.17) is 4.74 Å². The molecule has 0 bridgehead atoms. The van der Waals surface area contributed by atoms with E-state index >= 15 is 0 Å². The summed E-state index contributed by atoms with van der Waals surface area (Å²) in [5.74, 6) is 0.700. The van der Waals surface area contributed by atoms with Gasteiger partial charge in [-0.3, -0.25) is 0 Å². The Bertz CT molecular complexity index is 347. The van der Waals surface area contributed by atoms with Gasteiger partial charge in [0, 0.05) is 6.04 Å². The molecule has 0 amide bonds. The lowest BCUT2D eigenvalue weighted by atomic mass is 9.79. The number of hydrogen-bond donors (Lipinski definition) is 1. The molecule has 0 spiro atoms. The molecule has 1 aliphatic carbocycles. The minimum atomic E-state index is 0.601.